The fraction of sp³-hybridized carbons (Fsp3) is 0.750. The van der Waals surface area contributed by atoms with Gasteiger partial charge in [-0.25, -0.2) is 0 Å². The molecule has 148 valence electrons. The lowest BCUT2D eigenvalue weighted by Gasteiger charge is -2.34. The Morgan fingerprint density at radius 1 is 1.08 bits per heavy atom. The second-order valence-electron chi connectivity index (χ2n) is 7.85. The summed E-state index contributed by atoms with van der Waals surface area (Å²) < 4.78 is 10.9. The van der Waals surface area contributed by atoms with Crippen LogP contribution in [0.4, 0.5) is 0 Å². The predicted octanol–water partition coefficient (Wildman–Crippen LogP) is 3.98. The van der Waals surface area contributed by atoms with Crippen molar-refractivity contribution < 1.29 is 9.15 Å². The molecule has 2 unspecified atom stereocenters. The maximum atomic E-state index is 5.48. The second kappa shape index (κ2) is 11.2. The third kappa shape index (κ3) is 7.10. The van der Waals surface area contributed by atoms with E-state index in [0.717, 1.165) is 62.6 Å². The lowest BCUT2D eigenvalue weighted by atomic mass is 9.80. The van der Waals surface area contributed by atoms with E-state index in [9.17, 15) is 0 Å². The van der Waals surface area contributed by atoms with Gasteiger partial charge >= 0.3 is 0 Å². The first-order chi connectivity index (χ1) is 12.2. The van der Waals surface area contributed by atoms with Crippen LogP contribution in [0.2, 0.25) is 0 Å². The molecule has 1 aromatic rings. The van der Waals surface area contributed by atoms with Gasteiger partial charge in [-0.15, -0.1) is 24.0 Å². The summed E-state index contributed by atoms with van der Waals surface area (Å²) in [6.07, 6.45) is 8.48. The average Bonchev–Trinajstić information content (AvgIpc) is 3.08. The van der Waals surface area contributed by atoms with Gasteiger partial charge in [-0.2, -0.15) is 0 Å². The molecule has 0 amide bonds. The standard InChI is InChI=1S/C20H33N3O2.HI/c1-15-12-16(2)14-18(13-15)23-20(22-17-6-10-24-11-7-17)21-8-5-19-4-3-9-25-19;/h3-4,9,15-18H,5-8,10-14H2,1-2H3,(H2,21,22,23);1H. The smallest absolute Gasteiger partial charge is 0.191 e. The number of rotatable bonds is 5. The fourth-order valence-electron chi connectivity index (χ4n) is 4.16. The Morgan fingerprint density at radius 2 is 1.77 bits per heavy atom. The Kier molecular flexibility index (Phi) is 9.25. The van der Waals surface area contributed by atoms with Crippen molar-refractivity contribution in [3.63, 3.8) is 0 Å². The first-order valence-electron chi connectivity index (χ1n) is 9.86. The highest BCUT2D eigenvalue weighted by Gasteiger charge is 2.25. The van der Waals surface area contributed by atoms with Gasteiger partial charge in [-0.05, 0) is 56.1 Å². The first-order valence-corrected chi connectivity index (χ1v) is 9.86. The van der Waals surface area contributed by atoms with Crippen molar-refractivity contribution in [1.29, 1.82) is 0 Å². The summed E-state index contributed by atoms with van der Waals surface area (Å²) in [5, 5.41) is 7.35. The van der Waals surface area contributed by atoms with E-state index in [1.807, 2.05) is 12.1 Å². The molecule has 2 aliphatic rings. The number of nitrogens with one attached hydrogen (secondary N) is 2. The van der Waals surface area contributed by atoms with Crippen LogP contribution < -0.4 is 10.6 Å². The van der Waals surface area contributed by atoms with E-state index in [0.29, 0.717) is 12.1 Å². The SMILES string of the molecule is CC1CC(C)CC(NC(=NCCc2ccco2)NC2CCOCC2)C1.I. The molecule has 2 atom stereocenters. The summed E-state index contributed by atoms with van der Waals surface area (Å²) in [4.78, 5) is 4.83. The van der Waals surface area contributed by atoms with E-state index in [4.69, 9.17) is 14.1 Å². The maximum absolute atomic E-state index is 5.48. The number of guanidine groups is 1. The minimum absolute atomic E-state index is 0. The van der Waals surface area contributed by atoms with Crippen molar-refractivity contribution in [3.8, 4) is 0 Å². The van der Waals surface area contributed by atoms with Crippen molar-refractivity contribution in [2.24, 2.45) is 16.8 Å². The zero-order valence-electron chi connectivity index (χ0n) is 16.1. The summed E-state index contributed by atoms with van der Waals surface area (Å²) >= 11 is 0. The first kappa shape index (κ1) is 21.5. The van der Waals surface area contributed by atoms with Gasteiger partial charge in [0, 0.05) is 38.3 Å². The highest BCUT2D eigenvalue weighted by molar-refractivity contribution is 14.0. The third-order valence-corrected chi connectivity index (χ3v) is 5.29. The fourth-order valence-corrected chi connectivity index (χ4v) is 4.16. The zero-order chi connectivity index (χ0) is 17.5. The van der Waals surface area contributed by atoms with Crippen LogP contribution in [0.5, 0.6) is 0 Å². The van der Waals surface area contributed by atoms with Gasteiger partial charge in [-0.1, -0.05) is 13.8 Å². The Bertz CT molecular complexity index is 519. The number of hydrogen-bond donors (Lipinski definition) is 2. The number of nitrogens with zero attached hydrogens (tertiary/aromatic N) is 1. The van der Waals surface area contributed by atoms with E-state index < -0.39 is 0 Å². The molecule has 6 heteroatoms. The van der Waals surface area contributed by atoms with Crippen LogP contribution in [-0.4, -0.2) is 37.8 Å². The van der Waals surface area contributed by atoms with Gasteiger partial charge in [0.15, 0.2) is 5.96 Å². The molecular formula is C20H34IN3O2. The van der Waals surface area contributed by atoms with Crippen LogP contribution in [0.15, 0.2) is 27.8 Å². The summed E-state index contributed by atoms with van der Waals surface area (Å²) in [5.41, 5.74) is 0. The second-order valence-corrected chi connectivity index (χ2v) is 7.85. The molecule has 3 rings (SSSR count). The Hall–Kier alpha value is -0.760. The summed E-state index contributed by atoms with van der Waals surface area (Å²) in [6.45, 7) is 7.15. The van der Waals surface area contributed by atoms with E-state index in [1.165, 1.54) is 19.3 Å². The van der Waals surface area contributed by atoms with E-state index >= 15 is 0 Å². The van der Waals surface area contributed by atoms with Gasteiger partial charge in [-0.3, -0.25) is 4.99 Å². The molecule has 1 saturated heterocycles. The highest BCUT2D eigenvalue weighted by Crippen LogP contribution is 2.28. The molecule has 1 aliphatic heterocycles. The van der Waals surface area contributed by atoms with Crippen LogP contribution >= 0.6 is 24.0 Å². The number of aliphatic imine (C=N–C) groups is 1. The molecule has 0 radical (unpaired) electrons. The normalized spacial score (nSPS) is 27.6. The Labute approximate surface area is 174 Å². The third-order valence-electron chi connectivity index (χ3n) is 5.29. The topological polar surface area (TPSA) is 58.8 Å². The van der Waals surface area contributed by atoms with Gasteiger partial charge in [0.1, 0.15) is 5.76 Å². The Morgan fingerprint density at radius 3 is 2.42 bits per heavy atom. The van der Waals surface area contributed by atoms with Gasteiger partial charge < -0.3 is 19.8 Å². The van der Waals surface area contributed by atoms with Crippen LogP contribution in [0.1, 0.15) is 51.7 Å². The molecule has 1 saturated carbocycles. The van der Waals surface area contributed by atoms with Crippen molar-refractivity contribution >= 4 is 29.9 Å². The van der Waals surface area contributed by atoms with E-state index in [-0.39, 0.29) is 24.0 Å². The molecule has 2 N–H and O–H groups in total. The van der Waals surface area contributed by atoms with Crippen LogP contribution in [0.3, 0.4) is 0 Å². The monoisotopic (exact) mass is 475 g/mol. The van der Waals surface area contributed by atoms with Crippen molar-refractivity contribution in [1.82, 2.24) is 10.6 Å². The molecule has 2 fully saturated rings. The van der Waals surface area contributed by atoms with Crippen LogP contribution in [-0.2, 0) is 11.2 Å². The van der Waals surface area contributed by atoms with Gasteiger partial charge in [0.25, 0.3) is 0 Å². The minimum atomic E-state index is 0. The zero-order valence-corrected chi connectivity index (χ0v) is 18.4. The van der Waals surface area contributed by atoms with E-state index in [1.54, 1.807) is 6.26 Å². The predicted molar refractivity (Wildman–Crippen MR) is 116 cm³/mol. The molecule has 0 bridgehead atoms. The summed E-state index contributed by atoms with van der Waals surface area (Å²) in [7, 11) is 0. The van der Waals surface area contributed by atoms with Crippen LogP contribution in [0.25, 0.3) is 0 Å². The number of hydrogen-bond acceptors (Lipinski definition) is 3. The average molecular weight is 475 g/mol. The molecule has 1 aliphatic carbocycles. The molecule has 26 heavy (non-hydrogen) atoms. The largest absolute Gasteiger partial charge is 0.469 e. The molecular weight excluding hydrogens is 441 g/mol. The molecule has 0 aromatic carbocycles. The van der Waals surface area contributed by atoms with Crippen molar-refractivity contribution in [2.45, 2.75) is 64.5 Å². The molecule has 2 heterocycles. The molecule has 1 aromatic heterocycles. The van der Waals surface area contributed by atoms with E-state index in [2.05, 4.69) is 24.5 Å². The van der Waals surface area contributed by atoms with Crippen LogP contribution in [0, 0.1) is 11.8 Å². The Balaban J connectivity index is 0.00000243. The summed E-state index contributed by atoms with van der Waals surface area (Å²) in [5.74, 6) is 3.53. The molecule has 5 nitrogen and oxygen atoms in total. The lowest BCUT2D eigenvalue weighted by molar-refractivity contribution is 0.0821. The maximum Gasteiger partial charge on any atom is 0.191 e. The van der Waals surface area contributed by atoms with Crippen molar-refractivity contribution in [3.05, 3.63) is 24.2 Å². The van der Waals surface area contributed by atoms with Gasteiger partial charge in [0.05, 0.1) is 6.26 Å². The van der Waals surface area contributed by atoms with Crippen molar-refractivity contribution in [2.75, 3.05) is 19.8 Å². The lowest BCUT2D eigenvalue weighted by Crippen LogP contribution is -2.50. The summed E-state index contributed by atoms with van der Waals surface area (Å²) in [6, 6.07) is 4.93. The minimum Gasteiger partial charge on any atom is -0.469 e. The number of halogens is 1. The van der Waals surface area contributed by atoms with Gasteiger partial charge in [0.2, 0.25) is 0 Å². The quantitative estimate of drug-likeness (QED) is 0.385. The number of furan rings is 1. The number of ether oxygens (including phenoxy) is 1. The molecule has 0 spiro atoms. The highest BCUT2D eigenvalue weighted by atomic mass is 127.